The summed E-state index contributed by atoms with van der Waals surface area (Å²) in [6.07, 6.45) is 12.7. The molecule has 5 heteroatoms. The van der Waals surface area contributed by atoms with Gasteiger partial charge in [0.05, 0.1) is 0 Å². The fraction of sp³-hybridized carbons (Fsp3) is 0.200. The van der Waals surface area contributed by atoms with Crippen molar-refractivity contribution in [3.8, 4) is 11.5 Å². The zero-order valence-corrected chi connectivity index (χ0v) is 13.8. The summed E-state index contributed by atoms with van der Waals surface area (Å²) in [6.45, 7) is 0. The highest BCUT2D eigenvalue weighted by atomic mass is 16.5. The molecule has 1 aliphatic rings. The summed E-state index contributed by atoms with van der Waals surface area (Å²) in [5, 5.41) is 12.3. The molecular weight excluding hydrogens is 316 g/mol. The second kappa shape index (κ2) is 8.68. The van der Waals surface area contributed by atoms with Crippen LogP contribution in [0.4, 0.5) is 0 Å². The Balaban J connectivity index is 1.52. The molecule has 0 fully saturated rings. The van der Waals surface area contributed by atoms with E-state index in [1.54, 1.807) is 24.5 Å². The quantitative estimate of drug-likeness (QED) is 0.365. The molecule has 0 spiro atoms. The zero-order valence-electron chi connectivity index (χ0n) is 13.8. The van der Waals surface area contributed by atoms with Gasteiger partial charge in [-0.3, -0.25) is 4.98 Å². The minimum Gasteiger partial charge on any atom is -0.458 e. The summed E-state index contributed by atoms with van der Waals surface area (Å²) < 4.78 is 11.3. The van der Waals surface area contributed by atoms with Gasteiger partial charge in [0.25, 0.3) is 0 Å². The molecule has 3 rings (SSSR count). The fourth-order valence-corrected chi connectivity index (χ4v) is 2.44. The van der Waals surface area contributed by atoms with Crippen LogP contribution in [0.1, 0.15) is 24.8 Å². The highest BCUT2D eigenvalue weighted by Gasteiger charge is 2.06. The van der Waals surface area contributed by atoms with Crippen LogP contribution in [-0.4, -0.2) is 16.1 Å². The molecule has 5 nitrogen and oxygen atoms in total. The summed E-state index contributed by atoms with van der Waals surface area (Å²) in [5.74, 6) is 2.56. The number of aryl methyl sites for hydroxylation is 1. The molecule has 25 heavy (non-hydrogen) atoms. The van der Waals surface area contributed by atoms with E-state index in [1.165, 1.54) is 0 Å². The number of pyridine rings is 1. The van der Waals surface area contributed by atoms with E-state index in [4.69, 9.17) is 14.7 Å². The van der Waals surface area contributed by atoms with E-state index in [2.05, 4.69) is 22.3 Å². The number of ether oxygens (including phenoxy) is 2. The maximum atomic E-state index is 9.11. The van der Waals surface area contributed by atoms with Gasteiger partial charge in [0.15, 0.2) is 0 Å². The maximum absolute atomic E-state index is 9.11. The topological polar surface area (TPSA) is 63.9 Å². The number of allylic oxidation sites excluding steroid dienone is 3. The predicted octanol–water partition coefficient (Wildman–Crippen LogP) is 4.49. The molecular formula is C20H20N2O3. The van der Waals surface area contributed by atoms with Crippen molar-refractivity contribution in [2.24, 2.45) is 5.16 Å². The van der Waals surface area contributed by atoms with E-state index in [0.29, 0.717) is 18.6 Å². The van der Waals surface area contributed by atoms with Crippen molar-refractivity contribution in [2.75, 3.05) is 0 Å². The van der Waals surface area contributed by atoms with Crippen molar-refractivity contribution >= 4 is 5.90 Å². The molecule has 1 aromatic carbocycles. The molecule has 0 amide bonds. The van der Waals surface area contributed by atoms with Crippen molar-refractivity contribution in [2.45, 2.75) is 25.7 Å². The Hall–Kier alpha value is -3.08. The van der Waals surface area contributed by atoms with Crippen LogP contribution in [0, 0.1) is 0 Å². The Labute approximate surface area is 146 Å². The first-order valence-corrected chi connectivity index (χ1v) is 8.26. The van der Waals surface area contributed by atoms with E-state index in [-0.39, 0.29) is 5.90 Å². The first kappa shape index (κ1) is 16.8. The van der Waals surface area contributed by atoms with Crippen LogP contribution < -0.4 is 9.47 Å². The number of hydrogen-bond acceptors (Lipinski definition) is 5. The molecule has 1 aliphatic carbocycles. The summed E-state index contributed by atoms with van der Waals surface area (Å²) in [5.41, 5.74) is 1.11. The van der Waals surface area contributed by atoms with Gasteiger partial charge in [0, 0.05) is 18.8 Å². The van der Waals surface area contributed by atoms with E-state index < -0.39 is 0 Å². The van der Waals surface area contributed by atoms with Crippen molar-refractivity contribution < 1.29 is 14.7 Å². The Kier molecular flexibility index (Phi) is 5.82. The fourth-order valence-electron chi connectivity index (χ4n) is 2.44. The van der Waals surface area contributed by atoms with Crippen LogP contribution in [0.5, 0.6) is 11.5 Å². The lowest BCUT2D eigenvalue weighted by Gasteiger charge is -2.10. The Morgan fingerprint density at radius 1 is 1.04 bits per heavy atom. The van der Waals surface area contributed by atoms with Crippen molar-refractivity contribution in [3.05, 3.63) is 78.3 Å². The summed E-state index contributed by atoms with van der Waals surface area (Å²) >= 11 is 0. The van der Waals surface area contributed by atoms with Crippen LogP contribution >= 0.6 is 0 Å². The monoisotopic (exact) mass is 336 g/mol. The van der Waals surface area contributed by atoms with E-state index in [0.717, 1.165) is 29.9 Å². The highest BCUT2D eigenvalue weighted by Crippen LogP contribution is 2.19. The van der Waals surface area contributed by atoms with E-state index in [9.17, 15) is 0 Å². The van der Waals surface area contributed by atoms with E-state index in [1.807, 2.05) is 30.3 Å². The molecule has 0 radical (unpaired) electrons. The third-order valence-corrected chi connectivity index (χ3v) is 3.74. The smallest absolute Gasteiger partial charge is 0.231 e. The molecule has 1 aromatic heterocycles. The Morgan fingerprint density at radius 2 is 1.84 bits per heavy atom. The molecule has 0 atom stereocenters. The van der Waals surface area contributed by atoms with Crippen molar-refractivity contribution in [3.63, 3.8) is 0 Å². The van der Waals surface area contributed by atoms with Gasteiger partial charge in [0.1, 0.15) is 17.3 Å². The van der Waals surface area contributed by atoms with Crippen LogP contribution in [0.2, 0.25) is 0 Å². The zero-order chi connectivity index (χ0) is 17.3. The number of benzene rings is 1. The molecule has 0 aliphatic heterocycles. The molecule has 0 saturated carbocycles. The maximum Gasteiger partial charge on any atom is 0.231 e. The number of hydrogen-bond donors (Lipinski definition) is 1. The average molecular weight is 336 g/mol. The number of oxime groups is 1. The minimum absolute atomic E-state index is 0.268. The largest absolute Gasteiger partial charge is 0.458 e. The van der Waals surface area contributed by atoms with Gasteiger partial charge in [-0.1, -0.05) is 23.4 Å². The van der Waals surface area contributed by atoms with Crippen LogP contribution in [0.15, 0.2) is 77.9 Å². The second-order valence-corrected chi connectivity index (χ2v) is 5.61. The van der Waals surface area contributed by atoms with Crippen LogP contribution in [-0.2, 0) is 6.42 Å². The standard InChI is InChI=1S/C20H20N2O3/c23-22-20(25-19-12-14-21-15-13-19)11-8-16-6-9-18(10-7-16)24-17-4-2-1-3-5-17/h2,4-7,9-10,12-15,23H,1,3,8,11H2/b22-20+. The van der Waals surface area contributed by atoms with Gasteiger partial charge >= 0.3 is 0 Å². The highest BCUT2D eigenvalue weighted by molar-refractivity contribution is 5.78. The molecule has 128 valence electrons. The first-order chi connectivity index (χ1) is 12.3. The molecule has 2 aromatic rings. The van der Waals surface area contributed by atoms with Crippen LogP contribution in [0.25, 0.3) is 0 Å². The minimum atomic E-state index is 0.268. The third kappa shape index (κ3) is 5.21. The molecule has 0 bridgehead atoms. The number of nitrogens with zero attached hydrogens (tertiary/aromatic N) is 2. The molecule has 1 N–H and O–H groups in total. The SMILES string of the molecule is O/N=C(\CCc1ccc(OC2=CCCC=C2)cc1)Oc1ccncc1. The second-order valence-electron chi connectivity index (χ2n) is 5.61. The van der Waals surface area contributed by atoms with Gasteiger partial charge in [-0.25, -0.2) is 0 Å². The van der Waals surface area contributed by atoms with Gasteiger partial charge in [-0.2, -0.15) is 0 Å². The summed E-state index contributed by atoms with van der Waals surface area (Å²) in [4.78, 5) is 3.92. The summed E-state index contributed by atoms with van der Waals surface area (Å²) in [6, 6.07) is 11.3. The van der Waals surface area contributed by atoms with Gasteiger partial charge in [-0.15, -0.1) is 0 Å². The third-order valence-electron chi connectivity index (χ3n) is 3.74. The number of rotatable bonds is 6. The van der Waals surface area contributed by atoms with Gasteiger partial charge in [0.2, 0.25) is 5.90 Å². The Bertz CT molecular complexity index is 765. The van der Waals surface area contributed by atoms with Crippen LogP contribution in [0.3, 0.4) is 0 Å². The van der Waals surface area contributed by atoms with Gasteiger partial charge in [-0.05, 0) is 61.2 Å². The molecule has 1 heterocycles. The lowest BCUT2D eigenvalue weighted by atomic mass is 10.1. The average Bonchev–Trinajstić information content (AvgIpc) is 2.68. The lowest BCUT2D eigenvalue weighted by molar-refractivity contribution is 0.300. The normalized spacial score (nSPS) is 14.1. The lowest BCUT2D eigenvalue weighted by Crippen LogP contribution is -2.10. The van der Waals surface area contributed by atoms with Crippen molar-refractivity contribution in [1.82, 2.24) is 4.98 Å². The van der Waals surface area contributed by atoms with Crippen molar-refractivity contribution in [1.29, 1.82) is 0 Å². The molecule has 0 saturated heterocycles. The summed E-state index contributed by atoms with van der Waals surface area (Å²) in [7, 11) is 0. The predicted molar refractivity (Wildman–Crippen MR) is 95.9 cm³/mol. The number of aromatic nitrogens is 1. The van der Waals surface area contributed by atoms with Gasteiger partial charge < -0.3 is 14.7 Å². The van der Waals surface area contributed by atoms with E-state index >= 15 is 0 Å². The molecule has 0 unspecified atom stereocenters. The Morgan fingerprint density at radius 3 is 2.52 bits per heavy atom. The first-order valence-electron chi connectivity index (χ1n) is 8.26.